The molecule has 1 aromatic carbocycles. The number of hydrogen-bond acceptors (Lipinski definition) is 2. The van der Waals surface area contributed by atoms with Crippen molar-refractivity contribution in [3.63, 3.8) is 0 Å². The van der Waals surface area contributed by atoms with E-state index in [0.29, 0.717) is 5.17 Å². The average molecular weight is 248 g/mol. The van der Waals surface area contributed by atoms with Crippen LogP contribution in [0.4, 0.5) is 5.69 Å². The van der Waals surface area contributed by atoms with Crippen molar-refractivity contribution >= 4 is 22.6 Å². The van der Waals surface area contributed by atoms with E-state index in [2.05, 4.69) is 29.3 Å². The highest BCUT2D eigenvalue weighted by molar-refractivity contribution is 8.13. The van der Waals surface area contributed by atoms with E-state index in [0.717, 1.165) is 11.6 Å². The monoisotopic (exact) mass is 248 g/mol. The van der Waals surface area contributed by atoms with Gasteiger partial charge in [-0.25, -0.2) is 4.99 Å². The number of aliphatic imine (C=N–C) groups is 1. The summed E-state index contributed by atoms with van der Waals surface area (Å²) in [5.41, 5.74) is 8.12. The van der Waals surface area contributed by atoms with Gasteiger partial charge < -0.3 is 5.73 Å². The third kappa shape index (κ3) is 3.50. The fourth-order valence-electron chi connectivity index (χ4n) is 2.43. The summed E-state index contributed by atoms with van der Waals surface area (Å²) in [6.07, 6.45) is 8.79. The molecule has 0 spiro atoms. The third-order valence-electron chi connectivity index (χ3n) is 3.42. The lowest BCUT2D eigenvalue weighted by atomic mass is 9.84. The second kappa shape index (κ2) is 6.10. The summed E-state index contributed by atoms with van der Waals surface area (Å²) >= 11 is 1.48. The number of thioether (sulfide) groups is 1. The van der Waals surface area contributed by atoms with Gasteiger partial charge in [0.25, 0.3) is 0 Å². The molecule has 1 fully saturated rings. The van der Waals surface area contributed by atoms with Gasteiger partial charge in [0.2, 0.25) is 0 Å². The van der Waals surface area contributed by atoms with Crippen molar-refractivity contribution < 1.29 is 0 Å². The molecule has 0 aliphatic heterocycles. The van der Waals surface area contributed by atoms with Gasteiger partial charge in [-0.1, -0.05) is 43.2 Å². The Balaban J connectivity index is 2.07. The number of amidine groups is 1. The Morgan fingerprint density at radius 2 is 1.82 bits per heavy atom. The lowest BCUT2D eigenvalue weighted by molar-refractivity contribution is 0.443. The van der Waals surface area contributed by atoms with Crippen LogP contribution in [0.5, 0.6) is 0 Å². The summed E-state index contributed by atoms with van der Waals surface area (Å²) in [4.78, 5) is 4.32. The highest BCUT2D eigenvalue weighted by Gasteiger charge is 2.14. The molecule has 0 aromatic heterocycles. The summed E-state index contributed by atoms with van der Waals surface area (Å²) in [5, 5.41) is 0.621. The number of benzene rings is 1. The molecule has 1 aliphatic carbocycles. The number of nitrogens with two attached hydrogens (primary N) is 1. The maximum Gasteiger partial charge on any atom is 0.158 e. The second-order valence-electron chi connectivity index (χ2n) is 4.58. The van der Waals surface area contributed by atoms with Crippen LogP contribution in [-0.4, -0.2) is 11.4 Å². The van der Waals surface area contributed by atoms with Crippen molar-refractivity contribution in [1.82, 2.24) is 0 Å². The Hall–Kier alpha value is -0.960. The van der Waals surface area contributed by atoms with Crippen LogP contribution in [0.2, 0.25) is 0 Å². The minimum atomic E-state index is 0.621. The predicted octanol–water partition coefficient (Wildman–Crippen LogP) is 4.04. The van der Waals surface area contributed by atoms with Crippen LogP contribution in [0, 0.1) is 0 Å². The molecule has 0 saturated heterocycles. The van der Waals surface area contributed by atoms with Crippen molar-refractivity contribution in [2.24, 2.45) is 10.7 Å². The molecule has 17 heavy (non-hydrogen) atoms. The molecule has 0 unspecified atom stereocenters. The molecule has 1 saturated carbocycles. The zero-order valence-electron chi connectivity index (χ0n) is 10.4. The highest BCUT2D eigenvalue weighted by Crippen LogP contribution is 2.33. The van der Waals surface area contributed by atoms with Crippen LogP contribution < -0.4 is 5.73 Å². The fraction of sp³-hybridized carbons (Fsp3) is 0.500. The molecule has 1 aliphatic rings. The second-order valence-corrected chi connectivity index (χ2v) is 5.41. The molecule has 92 valence electrons. The minimum Gasteiger partial charge on any atom is -0.378 e. The summed E-state index contributed by atoms with van der Waals surface area (Å²) < 4.78 is 0. The van der Waals surface area contributed by atoms with E-state index in [4.69, 9.17) is 5.73 Å². The largest absolute Gasteiger partial charge is 0.378 e. The Morgan fingerprint density at radius 1 is 1.18 bits per heavy atom. The van der Waals surface area contributed by atoms with E-state index in [-0.39, 0.29) is 0 Å². The van der Waals surface area contributed by atoms with Gasteiger partial charge in [0.15, 0.2) is 5.17 Å². The van der Waals surface area contributed by atoms with Crippen LogP contribution in [0.15, 0.2) is 29.3 Å². The standard InChI is InChI=1S/C14H20N2S/c1-17-14(15)16-13-9-7-12(8-10-13)11-5-3-2-4-6-11/h7-11H,2-6H2,1H3,(H2,15,16). The van der Waals surface area contributed by atoms with Crippen molar-refractivity contribution in [3.05, 3.63) is 29.8 Å². The van der Waals surface area contributed by atoms with Crippen molar-refractivity contribution in [3.8, 4) is 0 Å². The van der Waals surface area contributed by atoms with Crippen LogP contribution in [0.1, 0.15) is 43.6 Å². The number of nitrogens with zero attached hydrogens (tertiary/aromatic N) is 1. The maximum absolute atomic E-state index is 5.70. The van der Waals surface area contributed by atoms with Crippen LogP contribution in [-0.2, 0) is 0 Å². The van der Waals surface area contributed by atoms with E-state index >= 15 is 0 Å². The molecule has 3 heteroatoms. The van der Waals surface area contributed by atoms with Crippen LogP contribution in [0.3, 0.4) is 0 Å². The summed E-state index contributed by atoms with van der Waals surface area (Å²) in [7, 11) is 0. The molecule has 0 atom stereocenters. The first-order chi connectivity index (χ1) is 8.29. The maximum atomic E-state index is 5.70. The molecule has 2 rings (SSSR count). The first-order valence-electron chi connectivity index (χ1n) is 6.27. The molecule has 0 radical (unpaired) electrons. The lowest BCUT2D eigenvalue weighted by Gasteiger charge is -2.21. The normalized spacial score (nSPS) is 18.3. The molecule has 0 amide bonds. The Morgan fingerprint density at radius 3 is 2.41 bits per heavy atom. The molecule has 2 nitrogen and oxygen atoms in total. The predicted molar refractivity (Wildman–Crippen MR) is 77.1 cm³/mol. The van der Waals surface area contributed by atoms with Gasteiger partial charge >= 0.3 is 0 Å². The first kappa shape index (κ1) is 12.5. The van der Waals surface area contributed by atoms with E-state index in [9.17, 15) is 0 Å². The molecule has 2 N–H and O–H groups in total. The van der Waals surface area contributed by atoms with Gasteiger partial charge in [-0.2, -0.15) is 0 Å². The van der Waals surface area contributed by atoms with E-state index in [1.807, 2.05) is 6.26 Å². The van der Waals surface area contributed by atoms with Crippen LogP contribution in [0.25, 0.3) is 0 Å². The molecule has 0 heterocycles. The van der Waals surface area contributed by atoms with Gasteiger partial charge in [0.05, 0.1) is 5.69 Å². The molecular weight excluding hydrogens is 228 g/mol. The number of rotatable bonds is 2. The van der Waals surface area contributed by atoms with Gasteiger partial charge in [-0.05, 0) is 42.7 Å². The topological polar surface area (TPSA) is 38.4 Å². The Bertz CT molecular complexity index is 378. The van der Waals surface area contributed by atoms with E-state index in [1.54, 1.807) is 0 Å². The van der Waals surface area contributed by atoms with Gasteiger partial charge in [0.1, 0.15) is 0 Å². The smallest absolute Gasteiger partial charge is 0.158 e. The quantitative estimate of drug-likeness (QED) is 0.633. The highest BCUT2D eigenvalue weighted by atomic mass is 32.2. The van der Waals surface area contributed by atoms with Gasteiger partial charge in [0, 0.05) is 0 Å². The average Bonchev–Trinajstić information content (AvgIpc) is 2.40. The van der Waals surface area contributed by atoms with Crippen molar-refractivity contribution in [2.45, 2.75) is 38.0 Å². The number of hydrogen-bond donors (Lipinski definition) is 1. The lowest BCUT2D eigenvalue weighted by Crippen LogP contribution is -2.05. The van der Waals surface area contributed by atoms with Gasteiger partial charge in [-0.3, -0.25) is 0 Å². The molecule has 0 bridgehead atoms. The Kier molecular flexibility index (Phi) is 4.49. The van der Waals surface area contributed by atoms with Gasteiger partial charge in [-0.15, -0.1) is 0 Å². The molecule has 1 aromatic rings. The zero-order valence-corrected chi connectivity index (χ0v) is 11.2. The Labute approximate surface area is 108 Å². The SMILES string of the molecule is CSC(N)=Nc1ccc(C2CCCCC2)cc1. The summed E-state index contributed by atoms with van der Waals surface area (Å²) in [6.45, 7) is 0. The van der Waals surface area contributed by atoms with E-state index < -0.39 is 0 Å². The van der Waals surface area contributed by atoms with Crippen molar-refractivity contribution in [2.75, 3.05) is 6.26 Å². The fourth-order valence-corrected chi connectivity index (χ4v) is 2.63. The summed E-state index contributed by atoms with van der Waals surface area (Å²) in [5.74, 6) is 0.764. The molecular formula is C14H20N2S. The van der Waals surface area contributed by atoms with Crippen LogP contribution >= 0.6 is 11.8 Å². The first-order valence-corrected chi connectivity index (χ1v) is 7.50. The van der Waals surface area contributed by atoms with Crippen molar-refractivity contribution in [1.29, 1.82) is 0 Å². The zero-order chi connectivity index (χ0) is 12.1. The minimum absolute atomic E-state index is 0.621. The summed E-state index contributed by atoms with van der Waals surface area (Å²) in [6, 6.07) is 8.57. The third-order valence-corrected chi connectivity index (χ3v) is 3.93. The van der Waals surface area contributed by atoms with E-state index in [1.165, 1.54) is 49.4 Å².